The summed E-state index contributed by atoms with van der Waals surface area (Å²) in [6.07, 6.45) is 0. The van der Waals surface area contributed by atoms with Crippen molar-refractivity contribution in [3.8, 4) is 5.75 Å². The Morgan fingerprint density at radius 1 is 1.12 bits per heavy atom. The number of para-hydroxylation sites is 1. The van der Waals surface area contributed by atoms with E-state index in [-0.39, 0.29) is 51.6 Å². The number of hydrogen-bond acceptors (Lipinski definition) is 1. The average Bonchev–Trinajstić information content (AvgIpc) is 2.29. The summed E-state index contributed by atoms with van der Waals surface area (Å²) in [6, 6.07) is 16.7. The smallest absolute Gasteiger partial charge is 1.00 e. The molecule has 0 saturated heterocycles. The Morgan fingerprint density at radius 3 is 2.53 bits per heavy atom. The van der Waals surface area contributed by atoms with E-state index in [2.05, 4.69) is 6.07 Å². The summed E-state index contributed by atoms with van der Waals surface area (Å²) in [5.74, 6) is -0.0567. The van der Waals surface area contributed by atoms with Gasteiger partial charge in [-0.3, -0.25) is 0 Å². The molecule has 0 aliphatic carbocycles. The van der Waals surface area contributed by atoms with E-state index in [1.807, 2.05) is 24.3 Å². The molecule has 0 aromatic heterocycles. The molecule has 84 valence electrons. The number of rotatable bonds is 3. The van der Waals surface area contributed by atoms with Gasteiger partial charge < -0.3 is 21.7 Å². The van der Waals surface area contributed by atoms with Crippen LogP contribution in [0.15, 0.2) is 48.5 Å². The minimum Gasteiger partial charge on any atom is -1.00 e. The molecule has 0 radical (unpaired) electrons. The number of benzene rings is 2. The van der Waals surface area contributed by atoms with Crippen molar-refractivity contribution < 1.29 is 26.1 Å². The first-order valence-corrected chi connectivity index (χ1v) is 4.68. The zero-order chi connectivity index (χ0) is 10.5. The van der Waals surface area contributed by atoms with Gasteiger partial charge in [0.05, 0.1) is 6.61 Å². The quantitative estimate of drug-likeness (QED) is 0.565. The zero-order valence-electron chi connectivity index (χ0n) is 9.20. The molecule has 2 rings (SSSR count). The normalized spacial score (nSPS) is 8.76. The number of hydrogen-bond donors (Lipinski definition) is 0. The molecule has 4 heteroatoms. The van der Waals surface area contributed by atoms with E-state index in [4.69, 9.17) is 4.74 Å². The van der Waals surface area contributed by atoms with Gasteiger partial charge in [-0.15, -0.1) is 5.56 Å². The Balaban J connectivity index is 0.00000128. The van der Waals surface area contributed by atoms with E-state index < -0.39 is 0 Å². The molecule has 0 saturated carbocycles. The van der Waals surface area contributed by atoms with Crippen LogP contribution in [0.5, 0.6) is 5.75 Å². The maximum atomic E-state index is 13.2. The summed E-state index contributed by atoms with van der Waals surface area (Å²) >= 11 is 0. The van der Waals surface area contributed by atoms with Crippen LogP contribution in [0.4, 0.5) is 4.39 Å². The zero-order valence-corrected chi connectivity index (χ0v) is 12.2. The second kappa shape index (κ2) is 8.50. The van der Waals surface area contributed by atoms with Crippen molar-refractivity contribution in [2.45, 2.75) is 6.61 Å². The predicted octanol–water partition coefficient (Wildman–Crippen LogP) is -0.172. The molecule has 0 N–H and O–H groups in total. The summed E-state index contributed by atoms with van der Waals surface area (Å²) in [7, 11) is 0. The van der Waals surface area contributed by atoms with Crippen LogP contribution in [0.1, 0.15) is 5.56 Å². The van der Waals surface area contributed by atoms with Crippen LogP contribution in [-0.2, 0) is 6.61 Å². The van der Waals surface area contributed by atoms with Gasteiger partial charge in [-0.1, -0.05) is 12.1 Å². The number of halogens is 2. The molecular formula is C13H10BrFMgO. The molecule has 0 heterocycles. The maximum absolute atomic E-state index is 13.2. The summed E-state index contributed by atoms with van der Waals surface area (Å²) in [4.78, 5) is 0. The van der Waals surface area contributed by atoms with Crippen LogP contribution in [-0.4, -0.2) is 23.1 Å². The van der Waals surface area contributed by atoms with Crippen molar-refractivity contribution in [3.63, 3.8) is 0 Å². The van der Waals surface area contributed by atoms with Crippen molar-refractivity contribution >= 4 is 23.1 Å². The first-order valence-electron chi connectivity index (χ1n) is 4.68. The van der Waals surface area contributed by atoms with Gasteiger partial charge in [-0.25, -0.2) is 4.39 Å². The molecule has 0 atom stereocenters. The Hall–Kier alpha value is -0.584. The van der Waals surface area contributed by atoms with Crippen molar-refractivity contribution in [2.24, 2.45) is 0 Å². The molecule has 0 bridgehead atoms. The Bertz CT molecular complexity index is 436. The Labute approximate surface area is 127 Å². The molecule has 0 spiro atoms. The van der Waals surface area contributed by atoms with E-state index in [0.29, 0.717) is 6.61 Å². The maximum Gasteiger partial charge on any atom is 2.00 e. The van der Waals surface area contributed by atoms with Gasteiger partial charge in [0.15, 0.2) is 11.6 Å². The molecule has 2 aromatic rings. The van der Waals surface area contributed by atoms with Crippen molar-refractivity contribution in [3.05, 3.63) is 66.0 Å². The van der Waals surface area contributed by atoms with Gasteiger partial charge in [0.2, 0.25) is 0 Å². The van der Waals surface area contributed by atoms with Crippen LogP contribution in [0.3, 0.4) is 0 Å². The van der Waals surface area contributed by atoms with E-state index in [0.717, 1.165) is 5.56 Å². The first-order chi connectivity index (χ1) is 7.36. The van der Waals surface area contributed by atoms with E-state index in [1.54, 1.807) is 18.2 Å². The van der Waals surface area contributed by atoms with Crippen molar-refractivity contribution in [2.75, 3.05) is 0 Å². The second-order valence-electron chi connectivity index (χ2n) is 3.13. The van der Waals surface area contributed by atoms with Gasteiger partial charge in [0.25, 0.3) is 0 Å². The van der Waals surface area contributed by atoms with Gasteiger partial charge >= 0.3 is 23.1 Å². The van der Waals surface area contributed by atoms with Crippen LogP contribution in [0.2, 0.25) is 0 Å². The van der Waals surface area contributed by atoms with Gasteiger partial charge in [0.1, 0.15) is 0 Å². The van der Waals surface area contributed by atoms with E-state index in [1.165, 1.54) is 6.07 Å². The third-order valence-electron chi connectivity index (χ3n) is 2.00. The molecule has 0 amide bonds. The van der Waals surface area contributed by atoms with Gasteiger partial charge in [-0.2, -0.15) is 30.3 Å². The van der Waals surface area contributed by atoms with Crippen molar-refractivity contribution in [1.29, 1.82) is 0 Å². The van der Waals surface area contributed by atoms with Crippen LogP contribution < -0.4 is 21.7 Å². The summed E-state index contributed by atoms with van der Waals surface area (Å²) < 4.78 is 18.5. The van der Waals surface area contributed by atoms with Crippen molar-refractivity contribution in [1.82, 2.24) is 0 Å². The fourth-order valence-corrected chi connectivity index (χ4v) is 1.24. The molecule has 0 fully saturated rings. The molecule has 0 aliphatic rings. The molecule has 0 unspecified atom stereocenters. The predicted molar refractivity (Wildman–Crippen MR) is 61.8 cm³/mol. The molecule has 1 nitrogen and oxygen atoms in total. The Morgan fingerprint density at radius 2 is 1.88 bits per heavy atom. The SMILES string of the molecule is Fc1ccccc1OCc1c[c-]ccc1.[Br-].[Mg+2]. The van der Waals surface area contributed by atoms with Gasteiger partial charge in [-0.05, 0) is 12.1 Å². The molecular weight excluding hydrogens is 295 g/mol. The summed E-state index contributed by atoms with van der Waals surface area (Å²) in [5, 5.41) is 0. The largest absolute Gasteiger partial charge is 2.00 e. The summed E-state index contributed by atoms with van der Waals surface area (Å²) in [5.41, 5.74) is 0.973. The third-order valence-corrected chi connectivity index (χ3v) is 2.00. The minimum atomic E-state index is -0.336. The fourth-order valence-electron chi connectivity index (χ4n) is 1.24. The minimum absolute atomic E-state index is 0. The Kier molecular flexibility index (Phi) is 8.21. The standard InChI is InChI=1S/C13H10FO.BrH.Mg/c14-12-8-4-5-9-13(12)15-10-11-6-2-1-3-7-11;;/h1-2,4-9H,10H2;1H;/q-1;;+2/p-1. The van der Waals surface area contributed by atoms with Crippen LogP contribution in [0, 0.1) is 11.9 Å². The molecule has 0 aliphatic heterocycles. The number of ether oxygens (including phenoxy) is 1. The monoisotopic (exact) mass is 304 g/mol. The third kappa shape index (κ3) is 5.06. The van der Waals surface area contributed by atoms with Gasteiger partial charge in [0, 0.05) is 0 Å². The summed E-state index contributed by atoms with van der Waals surface area (Å²) in [6.45, 7) is 0.359. The molecule has 2 aromatic carbocycles. The topological polar surface area (TPSA) is 9.23 Å². The molecule has 17 heavy (non-hydrogen) atoms. The van der Waals surface area contributed by atoms with Crippen LogP contribution >= 0.6 is 0 Å². The van der Waals surface area contributed by atoms with Crippen LogP contribution in [0.25, 0.3) is 0 Å². The fraction of sp³-hybridized carbons (Fsp3) is 0.0769. The van der Waals surface area contributed by atoms with E-state index >= 15 is 0 Å². The second-order valence-corrected chi connectivity index (χ2v) is 3.13. The van der Waals surface area contributed by atoms with E-state index in [9.17, 15) is 4.39 Å². The average molecular weight is 305 g/mol. The first kappa shape index (κ1) is 16.4.